The minimum atomic E-state index is -1.75. The van der Waals surface area contributed by atoms with Crippen molar-refractivity contribution in [3.8, 4) is 5.75 Å². The molecule has 3 heterocycles. The number of anilines is 2. The number of carbonyl (C=O) groups excluding carboxylic acids is 7. The summed E-state index contributed by atoms with van der Waals surface area (Å²) in [6.07, 6.45) is 2.29. The highest BCUT2D eigenvalue weighted by atomic mass is 33.1. The van der Waals surface area contributed by atoms with E-state index in [1.807, 2.05) is 30.9 Å². The Morgan fingerprint density at radius 3 is 2.34 bits per heavy atom. The fourth-order valence-corrected chi connectivity index (χ4v) is 10.2. The number of pyridine rings is 1. The Morgan fingerprint density at radius 1 is 0.930 bits per heavy atom. The zero-order chi connectivity index (χ0) is 52.3. The van der Waals surface area contributed by atoms with Crippen LogP contribution in [0.15, 0.2) is 96.4 Å². The standard InChI is InChI=1S/C51H57FN8O9S2/c1-33(34-11-16-40(17-12-34)68-26-5-7-48(65)69-60-46(63)18-19-47(60)64)56-57-44(61)30-51(2,3)71-70-27-20-45(62)59-24-22-58(23-25-59)39-14-9-35(10-15-39)49(66)54-32-37-8-13-38(28-43(37)52)55-50(67)42-29-41(42)36-6-4-21-53-31-36/h4,6,8-17,21,28,31,41-42H,5,7,18-20,22-27,29-30,32H2,1-3H3,(H,54,66)(H,55,67)(H,57,61)/b56-33+/t41-,42+/m1/s1/i29D2. The van der Waals surface area contributed by atoms with E-state index < -0.39 is 52.5 Å². The maximum Gasteiger partial charge on any atom is 0.333 e. The number of nitrogens with zero attached hydrogens (tertiary/aromatic N) is 5. The smallest absolute Gasteiger partial charge is 0.333 e. The average molecular weight is 1010 g/mol. The number of aromatic nitrogens is 1. The number of benzene rings is 3. The number of hydrogen-bond donors (Lipinski definition) is 3. The van der Waals surface area contributed by atoms with E-state index in [-0.39, 0.29) is 67.8 Å². The third-order valence-electron chi connectivity index (χ3n) is 11.7. The van der Waals surface area contributed by atoms with Gasteiger partial charge in [-0.15, -0.1) is 5.06 Å². The highest BCUT2D eigenvalue weighted by Crippen LogP contribution is 2.47. The van der Waals surface area contributed by atoms with Gasteiger partial charge in [0.05, 0.1) is 18.7 Å². The first-order valence-electron chi connectivity index (χ1n) is 24.2. The molecule has 0 unspecified atom stereocenters. The predicted octanol–water partition coefficient (Wildman–Crippen LogP) is 6.79. The number of ether oxygens (including phenoxy) is 1. The lowest BCUT2D eigenvalue weighted by Gasteiger charge is -2.36. The fraction of sp³-hybridized carbons (Fsp3) is 0.392. The molecular weight excluding hydrogens is 952 g/mol. The van der Waals surface area contributed by atoms with Gasteiger partial charge in [0.25, 0.3) is 17.7 Å². The maximum atomic E-state index is 15.1. The van der Waals surface area contributed by atoms with Crippen LogP contribution in [0.4, 0.5) is 15.8 Å². The van der Waals surface area contributed by atoms with Crippen LogP contribution in [0.1, 0.15) is 101 Å². The van der Waals surface area contributed by atoms with E-state index in [9.17, 15) is 33.6 Å². The molecule has 0 radical (unpaired) electrons. The third kappa shape index (κ3) is 15.1. The number of hydroxylamine groups is 2. The highest BCUT2D eigenvalue weighted by molar-refractivity contribution is 8.77. The largest absolute Gasteiger partial charge is 0.494 e. The van der Waals surface area contributed by atoms with E-state index in [2.05, 4.69) is 31.0 Å². The van der Waals surface area contributed by atoms with E-state index in [1.54, 1.807) is 83.2 Å². The molecule has 374 valence electrons. The van der Waals surface area contributed by atoms with Gasteiger partial charge in [-0.1, -0.05) is 33.7 Å². The number of imide groups is 1. The Balaban J connectivity index is 0.743. The SMILES string of the molecule is [2H]C1([2H])[C@H](C(=O)Nc2ccc(CNC(=O)c3ccc(N4CCN(C(=O)CCSSC(C)(C)CC(=O)N/N=C(\C)c5ccc(OCCCC(=O)ON6C(=O)CCC6=O)cc5)CC4)cc3)c(F)c2)[C@H]1c1cccnc1. The molecule has 3 N–H and O–H groups in total. The lowest BCUT2D eigenvalue weighted by Crippen LogP contribution is -2.48. The Hall–Kier alpha value is -6.80. The summed E-state index contributed by atoms with van der Waals surface area (Å²) >= 11 is 0. The van der Waals surface area contributed by atoms with E-state index in [1.165, 1.54) is 18.3 Å². The molecule has 0 bridgehead atoms. The van der Waals surface area contributed by atoms with E-state index >= 15 is 4.39 Å². The lowest BCUT2D eigenvalue weighted by molar-refractivity contribution is -0.197. The number of amides is 6. The molecule has 17 nitrogen and oxygen atoms in total. The summed E-state index contributed by atoms with van der Waals surface area (Å²) < 4.78 is 36.8. The molecule has 1 aromatic heterocycles. The minimum absolute atomic E-state index is 0.0247. The fourth-order valence-electron chi connectivity index (χ4n) is 7.68. The number of hydrazone groups is 1. The molecule has 1 saturated carbocycles. The average Bonchev–Trinajstić information content (AvgIpc) is 3.84. The van der Waals surface area contributed by atoms with Crippen molar-refractivity contribution < 1.29 is 50.3 Å². The summed E-state index contributed by atoms with van der Waals surface area (Å²) in [6, 6.07) is 21.7. The molecule has 71 heavy (non-hydrogen) atoms. The normalized spacial score (nSPS) is 18.0. The van der Waals surface area contributed by atoms with Gasteiger partial charge < -0.3 is 30.0 Å². The third-order valence-corrected chi connectivity index (χ3v) is 15.0. The highest BCUT2D eigenvalue weighted by Gasteiger charge is 2.44. The maximum absolute atomic E-state index is 15.1. The van der Waals surface area contributed by atoms with Crippen LogP contribution in [0, 0.1) is 11.7 Å². The van der Waals surface area contributed by atoms with Crippen LogP contribution in [-0.2, 0) is 40.1 Å². The molecule has 4 aromatic rings. The monoisotopic (exact) mass is 1010 g/mol. The molecule has 3 aromatic carbocycles. The zero-order valence-corrected chi connectivity index (χ0v) is 41.2. The first-order chi connectivity index (χ1) is 34.9. The second-order valence-electron chi connectivity index (χ2n) is 17.6. The van der Waals surface area contributed by atoms with Gasteiger partial charge in [0.2, 0.25) is 17.7 Å². The summed E-state index contributed by atoms with van der Waals surface area (Å²) in [4.78, 5) is 99.9. The lowest BCUT2D eigenvalue weighted by atomic mass is 10.1. The Morgan fingerprint density at radius 2 is 1.65 bits per heavy atom. The van der Waals surface area contributed by atoms with Gasteiger partial charge in [-0.25, -0.2) is 14.6 Å². The molecule has 2 saturated heterocycles. The second-order valence-corrected chi connectivity index (χ2v) is 20.8. The van der Waals surface area contributed by atoms with Crippen molar-refractivity contribution in [3.05, 3.63) is 119 Å². The number of piperazine rings is 1. The van der Waals surface area contributed by atoms with Crippen molar-refractivity contribution in [2.75, 3.05) is 48.8 Å². The van der Waals surface area contributed by atoms with Gasteiger partial charge in [0.1, 0.15) is 11.6 Å². The molecular formula is C51H57FN8O9S2. The van der Waals surface area contributed by atoms with Crippen molar-refractivity contribution in [1.29, 1.82) is 0 Å². The van der Waals surface area contributed by atoms with Crippen LogP contribution in [0.3, 0.4) is 0 Å². The molecule has 20 heteroatoms. The van der Waals surface area contributed by atoms with E-state index in [0.29, 0.717) is 72.4 Å². The van der Waals surface area contributed by atoms with Crippen LogP contribution in [0.5, 0.6) is 5.75 Å². The van der Waals surface area contributed by atoms with E-state index in [4.69, 9.17) is 12.3 Å². The first kappa shape index (κ1) is 49.2. The van der Waals surface area contributed by atoms with Gasteiger partial charge in [-0.3, -0.25) is 33.8 Å². The Labute approximate surface area is 422 Å². The van der Waals surface area contributed by atoms with Crippen LogP contribution >= 0.6 is 21.6 Å². The summed E-state index contributed by atoms with van der Waals surface area (Å²) in [5, 5.41) is 10.1. The summed E-state index contributed by atoms with van der Waals surface area (Å²) in [7, 11) is 3.09. The quantitative estimate of drug-likeness (QED) is 0.0244. The van der Waals surface area contributed by atoms with Crippen molar-refractivity contribution in [3.63, 3.8) is 0 Å². The molecule has 1 aliphatic carbocycles. The van der Waals surface area contributed by atoms with Gasteiger partial charge >= 0.3 is 5.97 Å². The molecule has 0 spiro atoms. The van der Waals surface area contributed by atoms with Gasteiger partial charge in [-0.2, -0.15) is 5.10 Å². The molecule has 3 fully saturated rings. The second kappa shape index (κ2) is 24.4. The van der Waals surface area contributed by atoms with Crippen LogP contribution in [0.2, 0.25) is 0 Å². The Bertz CT molecular complexity index is 2700. The van der Waals surface area contributed by atoms with Crippen molar-refractivity contribution in [2.24, 2.45) is 11.0 Å². The number of hydrogen-bond acceptors (Lipinski definition) is 14. The molecule has 3 aliphatic rings. The molecule has 7 rings (SSSR count). The predicted molar refractivity (Wildman–Crippen MR) is 269 cm³/mol. The van der Waals surface area contributed by atoms with Crippen LogP contribution in [-0.4, -0.2) is 105 Å². The topological polar surface area (TPSA) is 209 Å². The van der Waals surface area contributed by atoms with Crippen LogP contribution < -0.4 is 25.7 Å². The zero-order valence-electron chi connectivity index (χ0n) is 41.6. The van der Waals surface area contributed by atoms with Gasteiger partial charge in [0, 0.05) is 112 Å². The molecule has 2 aliphatic heterocycles. The van der Waals surface area contributed by atoms with E-state index in [0.717, 1.165) is 17.3 Å². The number of nitrogens with one attached hydrogen (secondary N) is 3. The minimum Gasteiger partial charge on any atom is -0.494 e. The van der Waals surface area contributed by atoms with Gasteiger partial charge in [0.15, 0.2) is 0 Å². The van der Waals surface area contributed by atoms with Crippen molar-refractivity contribution >= 4 is 80.1 Å². The van der Waals surface area contributed by atoms with Crippen LogP contribution in [0.25, 0.3) is 0 Å². The van der Waals surface area contributed by atoms with Gasteiger partial charge in [-0.05, 0) is 117 Å². The number of halogens is 1. The van der Waals surface area contributed by atoms with Crippen molar-refractivity contribution in [1.82, 2.24) is 25.7 Å². The number of carbonyl (C=O) groups is 7. The molecule has 6 amide bonds. The summed E-state index contributed by atoms with van der Waals surface area (Å²) in [5.74, 6) is -3.92. The number of rotatable bonds is 22. The summed E-state index contributed by atoms with van der Waals surface area (Å²) in [5.41, 5.74) is 6.32. The Kier molecular flexibility index (Phi) is 16.9. The molecule has 2 atom stereocenters. The van der Waals surface area contributed by atoms with Crippen molar-refractivity contribution in [2.45, 2.75) is 82.9 Å². The summed E-state index contributed by atoms with van der Waals surface area (Å²) in [6.45, 7) is 8.16. The first-order valence-corrected chi connectivity index (χ1v) is 25.5.